The van der Waals surface area contributed by atoms with E-state index in [-0.39, 0.29) is 11.9 Å². The van der Waals surface area contributed by atoms with Crippen LogP contribution in [0.3, 0.4) is 0 Å². The molecule has 2 heterocycles. The van der Waals surface area contributed by atoms with Gasteiger partial charge in [-0.3, -0.25) is 9.89 Å². The molecule has 0 saturated carbocycles. The molecule has 0 saturated heterocycles. The SMILES string of the molecule is Cc1nccn1CC[C@H](NC(=O)c1n[nH]c2c1CCC2)c1ccccc1. The monoisotopic (exact) mass is 349 g/mol. The largest absolute Gasteiger partial charge is 0.344 e. The molecule has 4 rings (SSSR count). The fraction of sp³-hybridized carbons (Fsp3) is 0.350. The van der Waals surface area contributed by atoms with Gasteiger partial charge in [0, 0.05) is 30.2 Å². The Morgan fingerprint density at radius 2 is 2.15 bits per heavy atom. The van der Waals surface area contributed by atoms with Crippen molar-refractivity contribution in [1.82, 2.24) is 25.1 Å². The van der Waals surface area contributed by atoms with Gasteiger partial charge in [-0.15, -0.1) is 0 Å². The van der Waals surface area contributed by atoms with Crippen molar-refractivity contribution in [2.24, 2.45) is 0 Å². The van der Waals surface area contributed by atoms with Gasteiger partial charge in [-0.25, -0.2) is 4.98 Å². The molecule has 0 spiro atoms. The van der Waals surface area contributed by atoms with Gasteiger partial charge in [-0.05, 0) is 38.2 Å². The average molecular weight is 349 g/mol. The molecule has 3 aromatic rings. The van der Waals surface area contributed by atoms with Crippen LogP contribution in [0.4, 0.5) is 0 Å². The molecule has 1 aliphatic rings. The first-order valence-electron chi connectivity index (χ1n) is 9.12. The fourth-order valence-corrected chi connectivity index (χ4v) is 3.65. The van der Waals surface area contributed by atoms with Gasteiger partial charge in [0.2, 0.25) is 0 Å². The van der Waals surface area contributed by atoms with Crippen molar-refractivity contribution in [2.75, 3.05) is 0 Å². The highest BCUT2D eigenvalue weighted by Gasteiger charge is 2.25. The third-order valence-electron chi connectivity index (χ3n) is 5.11. The van der Waals surface area contributed by atoms with E-state index in [1.165, 1.54) is 0 Å². The Labute approximate surface area is 152 Å². The lowest BCUT2D eigenvalue weighted by atomic mass is 10.0. The number of nitrogens with one attached hydrogen (secondary N) is 2. The zero-order chi connectivity index (χ0) is 17.9. The Kier molecular flexibility index (Phi) is 4.56. The molecule has 0 radical (unpaired) electrons. The number of rotatable bonds is 6. The summed E-state index contributed by atoms with van der Waals surface area (Å²) in [6.45, 7) is 2.79. The van der Waals surface area contributed by atoms with Crippen molar-refractivity contribution < 1.29 is 4.79 Å². The Bertz CT molecular complexity index is 896. The lowest BCUT2D eigenvalue weighted by Gasteiger charge is -2.20. The van der Waals surface area contributed by atoms with Crippen LogP contribution in [0.1, 0.15) is 52.0 Å². The minimum Gasteiger partial charge on any atom is -0.344 e. The molecule has 2 N–H and O–H groups in total. The first kappa shape index (κ1) is 16.6. The number of aromatic nitrogens is 4. The zero-order valence-electron chi connectivity index (χ0n) is 14.9. The second kappa shape index (κ2) is 7.15. The number of nitrogens with zero attached hydrogens (tertiary/aromatic N) is 3. The van der Waals surface area contributed by atoms with Crippen molar-refractivity contribution in [3.05, 3.63) is 71.1 Å². The van der Waals surface area contributed by atoms with Gasteiger partial charge in [0.05, 0.1) is 6.04 Å². The molecule has 0 unspecified atom stereocenters. The average Bonchev–Trinajstić information content (AvgIpc) is 3.36. The Balaban J connectivity index is 1.52. The first-order chi connectivity index (χ1) is 12.7. The van der Waals surface area contributed by atoms with Crippen LogP contribution >= 0.6 is 0 Å². The third-order valence-corrected chi connectivity index (χ3v) is 5.11. The van der Waals surface area contributed by atoms with Crippen LogP contribution in [0.25, 0.3) is 0 Å². The molecule has 26 heavy (non-hydrogen) atoms. The van der Waals surface area contributed by atoms with Crippen LogP contribution in [0.5, 0.6) is 0 Å². The Morgan fingerprint density at radius 3 is 2.92 bits per heavy atom. The summed E-state index contributed by atoms with van der Waals surface area (Å²) in [5.41, 5.74) is 3.85. The number of H-pyrrole nitrogens is 1. The molecule has 1 aromatic carbocycles. The second-order valence-corrected chi connectivity index (χ2v) is 6.78. The van der Waals surface area contributed by atoms with Gasteiger partial charge in [-0.1, -0.05) is 30.3 Å². The van der Waals surface area contributed by atoms with Gasteiger partial charge in [0.25, 0.3) is 5.91 Å². The quantitative estimate of drug-likeness (QED) is 0.718. The molecule has 2 aromatic heterocycles. The molecule has 134 valence electrons. The predicted octanol–water partition coefficient (Wildman–Crippen LogP) is 2.96. The highest BCUT2D eigenvalue weighted by Crippen LogP contribution is 2.24. The van der Waals surface area contributed by atoms with E-state index in [2.05, 4.69) is 37.2 Å². The number of carbonyl (C=O) groups is 1. The number of hydrogen-bond acceptors (Lipinski definition) is 3. The summed E-state index contributed by atoms with van der Waals surface area (Å²) in [5.74, 6) is 0.883. The number of benzene rings is 1. The molecule has 6 heteroatoms. The number of imidazole rings is 1. The predicted molar refractivity (Wildman–Crippen MR) is 98.8 cm³/mol. The molecule has 0 aliphatic heterocycles. The van der Waals surface area contributed by atoms with Gasteiger partial charge in [-0.2, -0.15) is 5.10 Å². The number of aryl methyl sites for hydroxylation is 3. The molecule has 6 nitrogen and oxygen atoms in total. The maximum Gasteiger partial charge on any atom is 0.272 e. The van der Waals surface area contributed by atoms with Gasteiger partial charge in [0.1, 0.15) is 5.82 Å². The van der Waals surface area contributed by atoms with Crippen LogP contribution in [-0.2, 0) is 19.4 Å². The van der Waals surface area contributed by atoms with Crippen molar-refractivity contribution >= 4 is 5.91 Å². The van der Waals surface area contributed by atoms with Crippen LogP contribution < -0.4 is 5.32 Å². The minimum absolute atomic E-state index is 0.0701. The van der Waals surface area contributed by atoms with Crippen LogP contribution in [0.2, 0.25) is 0 Å². The maximum absolute atomic E-state index is 12.9. The molecule has 0 fully saturated rings. The summed E-state index contributed by atoms with van der Waals surface area (Å²) in [7, 11) is 0. The van der Waals surface area contributed by atoms with Gasteiger partial charge < -0.3 is 9.88 Å². The van der Waals surface area contributed by atoms with E-state index in [9.17, 15) is 4.79 Å². The van der Waals surface area contributed by atoms with Crippen LogP contribution in [-0.4, -0.2) is 25.7 Å². The first-order valence-corrected chi connectivity index (χ1v) is 9.12. The fourth-order valence-electron chi connectivity index (χ4n) is 3.65. The smallest absolute Gasteiger partial charge is 0.272 e. The second-order valence-electron chi connectivity index (χ2n) is 6.78. The molecule has 1 atom stereocenters. The summed E-state index contributed by atoms with van der Waals surface area (Å²) in [4.78, 5) is 17.1. The summed E-state index contributed by atoms with van der Waals surface area (Å²) in [6.07, 6.45) is 7.57. The summed E-state index contributed by atoms with van der Waals surface area (Å²) in [5, 5.41) is 10.5. The number of aromatic amines is 1. The lowest BCUT2D eigenvalue weighted by molar-refractivity contribution is 0.0927. The highest BCUT2D eigenvalue weighted by atomic mass is 16.2. The normalized spacial score (nSPS) is 14.2. The third kappa shape index (κ3) is 3.27. The van der Waals surface area contributed by atoms with Gasteiger partial charge >= 0.3 is 0 Å². The van der Waals surface area contributed by atoms with Crippen LogP contribution in [0.15, 0.2) is 42.7 Å². The van der Waals surface area contributed by atoms with E-state index in [1.807, 2.05) is 31.3 Å². The standard InChI is InChI=1S/C20H23N5O/c1-14-21-11-13-25(14)12-10-17(15-6-3-2-4-7-15)22-20(26)19-16-8-5-9-18(16)23-24-19/h2-4,6-7,11,13,17H,5,8-10,12H2,1H3,(H,22,26)(H,23,24)/t17-/m0/s1. The topological polar surface area (TPSA) is 75.6 Å². The molecule has 1 aliphatic carbocycles. The summed E-state index contributed by atoms with van der Waals surface area (Å²) < 4.78 is 2.11. The minimum atomic E-state index is -0.0967. The van der Waals surface area contributed by atoms with Crippen molar-refractivity contribution in [3.63, 3.8) is 0 Å². The van der Waals surface area contributed by atoms with E-state index in [4.69, 9.17) is 0 Å². The van der Waals surface area contributed by atoms with Crippen molar-refractivity contribution in [2.45, 2.75) is 45.2 Å². The van der Waals surface area contributed by atoms with Crippen LogP contribution in [0, 0.1) is 6.92 Å². The van der Waals surface area contributed by atoms with E-state index < -0.39 is 0 Å². The summed E-state index contributed by atoms with van der Waals surface area (Å²) in [6, 6.07) is 10.0. The Morgan fingerprint density at radius 1 is 1.31 bits per heavy atom. The number of carbonyl (C=O) groups excluding carboxylic acids is 1. The molecule has 1 amide bonds. The van der Waals surface area contributed by atoms with E-state index >= 15 is 0 Å². The number of hydrogen-bond donors (Lipinski definition) is 2. The Hall–Kier alpha value is -2.89. The summed E-state index contributed by atoms with van der Waals surface area (Å²) >= 11 is 0. The van der Waals surface area contributed by atoms with E-state index in [0.29, 0.717) is 5.69 Å². The van der Waals surface area contributed by atoms with Crippen molar-refractivity contribution in [1.29, 1.82) is 0 Å². The zero-order valence-corrected chi connectivity index (χ0v) is 14.9. The molecule has 0 bridgehead atoms. The number of fused-ring (bicyclic) bond motifs is 1. The maximum atomic E-state index is 12.9. The lowest BCUT2D eigenvalue weighted by Crippen LogP contribution is -2.30. The number of amides is 1. The van der Waals surface area contributed by atoms with E-state index in [0.717, 1.165) is 54.9 Å². The highest BCUT2D eigenvalue weighted by molar-refractivity contribution is 5.94. The van der Waals surface area contributed by atoms with Crippen molar-refractivity contribution in [3.8, 4) is 0 Å². The molecular formula is C20H23N5O. The molecular weight excluding hydrogens is 326 g/mol. The van der Waals surface area contributed by atoms with Gasteiger partial charge in [0.15, 0.2) is 5.69 Å². The van der Waals surface area contributed by atoms with E-state index in [1.54, 1.807) is 6.20 Å².